The van der Waals surface area contributed by atoms with Gasteiger partial charge in [0, 0.05) is 0 Å². The fourth-order valence-corrected chi connectivity index (χ4v) is 13.1. The maximum Gasteiger partial charge on any atom is -0.0297 e. The topological polar surface area (TPSA) is 0 Å². The minimum Gasteiger partial charge on any atom is -0.0651 e. The van der Waals surface area contributed by atoms with Crippen LogP contribution in [0.2, 0.25) is 0 Å². The van der Waals surface area contributed by atoms with E-state index in [1.54, 1.807) is 19.3 Å². The van der Waals surface area contributed by atoms with Crippen LogP contribution in [-0.4, -0.2) is 0 Å². The molecule has 11 aliphatic carbocycles. The molecule has 8 unspecified atom stereocenters. The Balaban J connectivity index is 0.000000270. The lowest BCUT2D eigenvalue weighted by molar-refractivity contribution is 0.0892. The molecular weight excluding hydrogens is 853 g/mol. The van der Waals surface area contributed by atoms with Crippen molar-refractivity contribution in [2.24, 2.45) is 133 Å². The minimum atomic E-state index is 0.437. The fraction of sp³-hybridized carbons (Fsp3) is 1.00. The van der Waals surface area contributed by atoms with Crippen LogP contribution >= 0.6 is 0 Å². The van der Waals surface area contributed by atoms with Crippen molar-refractivity contribution in [2.75, 3.05) is 0 Å². The van der Waals surface area contributed by atoms with E-state index in [2.05, 4.69) is 187 Å². The Morgan fingerprint density at radius 2 is 0.775 bits per heavy atom. The molecule has 0 nitrogen and oxygen atoms in total. The maximum atomic E-state index is 2.44. The molecule has 0 bridgehead atoms. The fourth-order valence-electron chi connectivity index (χ4n) is 13.1. The lowest BCUT2D eigenvalue weighted by Crippen LogP contribution is -2.31. The molecule has 11 saturated carbocycles. The number of hydrogen-bond acceptors (Lipinski definition) is 0. The molecule has 71 heavy (non-hydrogen) atoms. The summed E-state index contributed by atoms with van der Waals surface area (Å²) in [7, 11) is 0. The zero-order valence-electron chi connectivity index (χ0n) is 54.7. The second-order valence-corrected chi connectivity index (χ2v) is 33.6. The molecule has 0 N–H and O–H groups in total. The summed E-state index contributed by atoms with van der Waals surface area (Å²) in [6.45, 7) is 62.8. The van der Waals surface area contributed by atoms with Crippen molar-refractivity contribution in [1.82, 2.24) is 0 Å². The van der Waals surface area contributed by atoms with Gasteiger partial charge in [-0.15, -0.1) is 0 Å². The minimum absolute atomic E-state index is 0.437. The van der Waals surface area contributed by atoms with Gasteiger partial charge in [-0.3, -0.25) is 0 Å². The molecule has 0 aromatic heterocycles. The zero-order chi connectivity index (χ0) is 54.7. The van der Waals surface area contributed by atoms with Gasteiger partial charge in [0.25, 0.3) is 0 Å². The first-order chi connectivity index (χ1) is 32.4. The Labute approximate surface area is 452 Å². The first-order valence-electron chi connectivity index (χ1n) is 32.4. The van der Waals surface area contributed by atoms with E-state index >= 15 is 0 Å². The third kappa shape index (κ3) is 25.3. The van der Waals surface area contributed by atoms with E-state index in [1.807, 2.05) is 0 Å². The molecule has 0 aliphatic heterocycles. The van der Waals surface area contributed by atoms with E-state index in [1.165, 1.54) is 127 Å². The van der Waals surface area contributed by atoms with E-state index in [0.717, 1.165) is 94.2 Å². The van der Waals surface area contributed by atoms with Gasteiger partial charge in [-0.1, -0.05) is 206 Å². The van der Waals surface area contributed by atoms with Crippen LogP contribution in [-0.2, 0) is 0 Å². The molecule has 0 spiro atoms. The predicted octanol–water partition coefficient (Wildman–Crippen LogP) is 24.1. The molecule has 0 aromatic rings. The Hall–Kier alpha value is 0. The second-order valence-electron chi connectivity index (χ2n) is 33.6. The van der Waals surface area contributed by atoms with E-state index in [9.17, 15) is 0 Å². The van der Waals surface area contributed by atoms with Crippen LogP contribution in [0.5, 0.6) is 0 Å². The van der Waals surface area contributed by atoms with Crippen molar-refractivity contribution in [3.63, 3.8) is 0 Å². The van der Waals surface area contributed by atoms with Crippen LogP contribution in [0, 0.1) is 133 Å². The van der Waals surface area contributed by atoms with Crippen molar-refractivity contribution in [3.8, 4) is 0 Å². The molecule has 0 amide bonds. The largest absolute Gasteiger partial charge is 0.0651 e. The summed E-state index contributed by atoms with van der Waals surface area (Å²) in [5.41, 5.74) is 3.80. The van der Waals surface area contributed by atoms with Crippen molar-refractivity contribution in [1.29, 1.82) is 0 Å². The number of rotatable bonds is 4. The summed E-state index contributed by atoms with van der Waals surface area (Å²) >= 11 is 0. The summed E-state index contributed by atoms with van der Waals surface area (Å²) in [4.78, 5) is 0. The SMILES string of the molecule is CC(C)(C)C(C)(C)C.CC1(C2CC2)CC1.CC1CC(C)(C)C1.CC1CC(C)(C)C1.CC1CC(C)C1C.CC1CCC1(C)C.CC1C[C@H](C)C1C.CCC1CC(C)C1.CCC1CCC1C.C[C@H]1CC1C1CC1. The van der Waals surface area contributed by atoms with Gasteiger partial charge in [0.2, 0.25) is 0 Å². The normalized spacial score (nSPS) is 37.5. The third-order valence-corrected chi connectivity index (χ3v) is 22.9. The van der Waals surface area contributed by atoms with E-state index in [4.69, 9.17) is 0 Å². The molecule has 0 saturated heterocycles. The first kappa shape index (κ1) is 67.1. The summed E-state index contributed by atoms with van der Waals surface area (Å²) in [6.07, 6.45) is 31.1. The molecule has 424 valence electrons. The van der Waals surface area contributed by atoms with Gasteiger partial charge in [0.15, 0.2) is 0 Å². The average molecular weight is 994 g/mol. The second kappa shape index (κ2) is 28.6. The number of hydrogen-bond donors (Lipinski definition) is 0. The molecule has 0 heterocycles. The molecule has 11 fully saturated rings. The van der Waals surface area contributed by atoms with Gasteiger partial charge in [0.1, 0.15) is 0 Å². The summed E-state index contributed by atoms with van der Waals surface area (Å²) in [5.74, 6) is 17.9. The van der Waals surface area contributed by atoms with Gasteiger partial charge >= 0.3 is 0 Å². The summed E-state index contributed by atoms with van der Waals surface area (Å²) in [6, 6.07) is 0. The first-order valence-corrected chi connectivity index (χ1v) is 32.4. The van der Waals surface area contributed by atoms with Gasteiger partial charge in [-0.25, -0.2) is 0 Å². The highest BCUT2D eigenvalue weighted by Gasteiger charge is 2.49. The Morgan fingerprint density at radius 1 is 0.394 bits per heavy atom. The Morgan fingerprint density at radius 3 is 0.817 bits per heavy atom. The van der Waals surface area contributed by atoms with Gasteiger partial charge in [-0.2, -0.15) is 0 Å². The monoisotopic (exact) mass is 993 g/mol. The predicted molar refractivity (Wildman–Crippen MR) is 324 cm³/mol. The third-order valence-electron chi connectivity index (χ3n) is 22.9. The standard InChI is InChI=1S/C8H18.2C7H12.7C7H14/c1-7(2,3)8(4,5)6;1-7(4-5-7)6-2-3-6;1-5-4-7(5)6-2-3-6;2*1-6-4-7(2,3)5-6;1-6-4-5-7(6,2)3;2*1-5-4-6(2)7(5)3;1-3-7-4-6(2)5-7;1-3-7-5-4-6(7)2/h1-6H3;6H,2-5H2,1H3;5-7H,2-4H2,1H3;3*6H,4-5H2,1-3H3;2*5-7H,4H2,1-3H3;2*6-7H,3-5H2,1-2H3/t;;5-,7?;;;;5-,6?,7?;;;/m..0...0.../s1. The van der Waals surface area contributed by atoms with Crippen molar-refractivity contribution >= 4 is 0 Å². The molecule has 0 heteroatoms. The average Bonchev–Trinajstić information content (AvgIpc) is 4.01. The van der Waals surface area contributed by atoms with E-state index in [0.29, 0.717) is 27.1 Å². The maximum absolute atomic E-state index is 2.44. The highest BCUT2D eigenvalue weighted by Crippen LogP contribution is 2.61. The summed E-state index contributed by atoms with van der Waals surface area (Å²) in [5, 5.41) is 0. The molecular formula is C71H140. The van der Waals surface area contributed by atoms with Crippen LogP contribution in [0.4, 0.5) is 0 Å². The van der Waals surface area contributed by atoms with Crippen molar-refractivity contribution in [2.45, 2.75) is 322 Å². The van der Waals surface area contributed by atoms with Crippen LogP contribution in [0.25, 0.3) is 0 Å². The van der Waals surface area contributed by atoms with Crippen LogP contribution in [0.15, 0.2) is 0 Å². The highest BCUT2D eigenvalue weighted by atomic mass is 14.5. The van der Waals surface area contributed by atoms with Gasteiger partial charge < -0.3 is 0 Å². The highest BCUT2D eigenvalue weighted by molar-refractivity contribution is 5.00. The van der Waals surface area contributed by atoms with Crippen molar-refractivity contribution < 1.29 is 0 Å². The Bertz CT molecular complexity index is 1310. The molecule has 0 aromatic carbocycles. The van der Waals surface area contributed by atoms with E-state index < -0.39 is 0 Å². The quantitative estimate of drug-likeness (QED) is 0.263. The zero-order valence-corrected chi connectivity index (χ0v) is 54.7. The molecule has 11 rings (SSSR count). The van der Waals surface area contributed by atoms with Crippen LogP contribution in [0.3, 0.4) is 0 Å². The molecule has 10 atom stereocenters. The molecule has 0 radical (unpaired) electrons. The summed E-state index contributed by atoms with van der Waals surface area (Å²) < 4.78 is 0. The van der Waals surface area contributed by atoms with Gasteiger partial charge in [-0.05, 0) is 249 Å². The lowest BCUT2D eigenvalue weighted by atomic mass is 9.64. The van der Waals surface area contributed by atoms with Crippen LogP contribution < -0.4 is 0 Å². The Kier molecular flexibility index (Phi) is 27.0. The van der Waals surface area contributed by atoms with Crippen LogP contribution in [0.1, 0.15) is 322 Å². The van der Waals surface area contributed by atoms with E-state index in [-0.39, 0.29) is 0 Å². The lowest BCUT2D eigenvalue weighted by Gasteiger charge is -2.42. The smallest absolute Gasteiger partial charge is 0.0297 e. The van der Waals surface area contributed by atoms with Gasteiger partial charge in [0.05, 0.1) is 0 Å². The van der Waals surface area contributed by atoms with Crippen molar-refractivity contribution in [3.05, 3.63) is 0 Å². The molecule has 11 aliphatic rings.